The Morgan fingerprint density at radius 1 is 0.800 bits per heavy atom. The van der Waals surface area contributed by atoms with Gasteiger partial charge in [-0.25, -0.2) is 0 Å². The Balaban J connectivity index is 0.000000172. The summed E-state index contributed by atoms with van der Waals surface area (Å²) in [4.78, 5) is 23.5. The number of hydrogen-bond acceptors (Lipinski definition) is 4. The van der Waals surface area contributed by atoms with Crippen molar-refractivity contribution >= 4 is 30.1 Å². The van der Waals surface area contributed by atoms with E-state index in [1.54, 1.807) is 24.3 Å². The van der Waals surface area contributed by atoms with E-state index in [1.165, 1.54) is 17.3 Å². The number of quaternary nitrogens is 2. The third-order valence-corrected chi connectivity index (χ3v) is 4.42. The number of H-pyrrole nitrogens is 1. The van der Waals surface area contributed by atoms with E-state index in [9.17, 15) is 14.4 Å². The first-order valence-electron chi connectivity index (χ1n) is 9.19. The maximum atomic E-state index is 10.4. The maximum Gasteiger partial charge on any atom is 0.149 e. The van der Waals surface area contributed by atoms with E-state index in [2.05, 4.69) is 59.1 Å². The molecule has 0 saturated heterocycles. The Kier molecular flexibility index (Phi) is 8.35. The zero-order chi connectivity index (χ0) is 22.1. The number of hydrogen-bond donors (Lipinski definition) is 3. The SMILES string of the molecule is Cc1ccc([NH3+])cc1.Cc1ccc([NH3+])cc1.O=P([O-])([O-])Oc1c[nH]c2ccccc12. The minimum Gasteiger partial charge on any atom is -0.780 e. The van der Waals surface area contributed by atoms with Crippen molar-refractivity contribution in [2.24, 2.45) is 0 Å². The van der Waals surface area contributed by atoms with Crippen molar-refractivity contribution in [1.29, 1.82) is 0 Å². The first kappa shape index (κ1) is 23.3. The Morgan fingerprint density at radius 3 is 1.70 bits per heavy atom. The maximum absolute atomic E-state index is 10.4. The van der Waals surface area contributed by atoms with Crippen LogP contribution in [0.5, 0.6) is 5.75 Å². The average molecular weight is 427 g/mol. The lowest BCUT2D eigenvalue weighted by Crippen LogP contribution is -2.39. The van der Waals surface area contributed by atoms with Crippen molar-refractivity contribution < 1.29 is 30.3 Å². The summed E-state index contributed by atoms with van der Waals surface area (Å²) in [6.07, 6.45) is 1.34. The minimum atomic E-state index is -4.98. The second-order valence-corrected chi connectivity index (χ2v) is 7.79. The van der Waals surface area contributed by atoms with Gasteiger partial charge in [-0.05, 0) is 50.2 Å². The van der Waals surface area contributed by atoms with Gasteiger partial charge in [-0.15, -0.1) is 0 Å². The van der Waals surface area contributed by atoms with Crippen LogP contribution in [0.4, 0.5) is 11.4 Å². The second-order valence-electron chi connectivity index (χ2n) is 6.71. The van der Waals surface area contributed by atoms with Crippen LogP contribution >= 0.6 is 7.82 Å². The number of aromatic amines is 1. The number of para-hydroxylation sites is 1. The third kappa shape index (κ3) is 8.21. The molecular weight excluding hydrogens is 401 g/mol. The lowest BCUT2D eigenvalue weighted by atomic mass is 10.2. The van der Waals surface area contributed by atoms with Crippen LogP contribution in [0.3, 0.4) is 0 Å². The number of rotatable bonds is 2. The summed E-state index contributed by atoms with van der Waals surface area (Å²) in [5.41, 5.74) is 13.0. The molecule has 0 saturated carbocycles. The molecule has 30 heavy (non-hydrogen) atoms. The number of aryl methyl sites for hydroxylation is 2. The zero-order valence-corrected chi connectivity index (χ0v) is 17.9. The third-order valence-electron chi connectivity index (χ3n) is 4.00. The fraction of sp³-hybridized carbons (Fsp3) is 0.0909. The van der Waals surface area contributed by atoms with E-state index in [-0.39, 0.29) is 5.75 Å². The molecule has 0 aliphatic heterocycles. The van der Waals surface area contributed by atoms with E-state index in [0.29, 0.717) is 5.39 Å². The van der Waals surface area contributed by atoms with Gasteiger partial charge in [-0.1, -0.05) is 47.5 Å². The molecule has 4 aromatic rings. The zero-order valence-electron chi connectivity index (χ0n) is 17.0. The van der Waals surface area contributed by atoms with Crippen LogP contribution in [0.1, 0.15) is 11.1 Å². The summed E-state index contributed by atoms with van der Waals surface area (Å²) in [5, 5.41) is 0.569. The highest BCUT2D eigenvalue weighted by Gasteiger charge is 2.04. The van der Waals surface area contributed by atoms with Crippen molar-refractivity contribution in [3.63, 3.8) is 0 Å². The number of phosphoric acid groups is 1. The van der Waals surface area contributed by atoms with Gasteiger partial charge in [0.15, 0.2) is 0 Å². The molecule has 0 bridgehead atoms. The van der Waals surface area contributed by atoms with E-state index in [4.69, 9.17) is 0 Å². The molecule has 0 amide bonds. The molecular formula is C22H26N3O4P. The molecule has 0 aliphatic rings. The van der Waals surface area contributed by atoms with E-state index >= 15 is 0 Å². The van der Waals surface area contributed by atoms with Crippen LogP contribution in [0.2, 0.25) is 0 Å². The molecule has 0 fully saturated rings. The van der Waals surface area contributed by atoms with Crippen molar-refractivity contribution in [2.45, 2.75) is 13.8 Å². The first-order valence-corrected chi connectivity index (χ1v) is 10.6. The van der Waals surface area contributed by atoms with Gasteiger partial charge in [0.05, 0.1) is 0 Å². The fourth-order valence-corrected chi connectivity index (χ4v) is 2.81. The monoisotopic (exact) mass is 427 g/mol. The predicted molar refractivity (Wildman–Crippen MR) is 114 cm³/mol. The van der Waals surface area contributed by atoms with Crippen LogP contribution < -0.4 is 25.8 Å². The van der Waals surface area contributed by atoms with Crippen LogP contribution in [-0.4, -0.2) is 4.98 Å². The molecule has 7 nitrogen and oxygen atoms in total. The van der Waals surface area contributed by atoms with Gasteiger partial charge in [0, 0.05) is 17.1 Å². The van der Waals surface area contributed by atoms with Gasteiger partial charge in [0.2, 0.25) is 0 Å². The largest absolute Gasteiger partial charge is 0.780 e. The molecule has 158 valence electrons. The molecule has 0 spiro atoms. The van der Waals surface area contributed by atoms with Crippen LogP contribution in [0, 0.1) is 13.8 Å². The summed E-state index contributed by atoms with van der Waals surface area (Å²) in [6, 6.07) is 23.2. The highest BCUT2D eigenvalue weighted by atomic mass is 31.2. The summed E-state index contributed by atoms with van der Waals surface area (Å²) in [5.74, 6) is 0.0360. The van der Waals surface area contributed by atoms with E-state index in [0.717, 1.165) is 16.9 Å². The van der Waals surface area contributed by atoms with Crippen molar-refractivity contribution in [2.75, 3.05) is 0 Å². The predicted octanol–water partition coefficient (Wildman–Crippen LogP) is 2.11. The van der Waals surface area contributed by atoms with Gasteiger partial charge < -0.3 is 35.3 Å². The summed E-state index contributed by atoms with van der Waals surface area (Å²) in [7, 11) is -4.98. The number of aromatic nitrogens is 1. The minimum absolute atomic E-state index is 0.0360. The lowest BCUT2D eigenvalue weighted by Gasteiger charge is -2.28. The molecule has 7 N–H and O–H groups in total. The van der Waals surface area contributed by atoms with Crippen molar-refractivity contribution in [1.82, 2.24) is 4.98 Å². The smallest absolute Gasteiger partial charge is 0.149 e. The topological polar surface area (TPSA) is 143 Å². The van der Waals surface area contributed by atoms with Crippen molar-refractivity contribution in [3.05, 3.63) is 90.1 Å². The summed E-state index contributed by atoms with van der Waals surface area (Å²) in [6.45, 7) is 4.14. The van der Waals surface area contributed by atoms with Gasteiger partial charge >= 0.3 is 0 Å². The number of fused-ring (bicyclic) bond motifs is 1. The highest BCUT2D eigenvalue weighted by Crippen LogP contribution is 2.34. The Bertz CT molecular complexity index is 1020. The van der Waals surface area contributed by atoms with Gasteiger partial charge in [-0.3, -0.25) is 0 Å². The normalized spacial score (nSPS) is 10.5. The lowest BCUT2D eigenvalue weighted by molar-refractivity contribution is -0.333. The standard InChI is InChI=1S/C8H8NO4P.2C7H9N/c10-14(11,12)13-8-5-9-7-4-2-1-3-6(7)8;2*1-6-2-4-7(8)5-3-6/h1-5,9H,(H2,10,11,12);2*2-5H,8H2,1H3. The van der Waals surface area contributed by atoms with Crippen LogP contribution in [0.15, 0.2) is 79.0 Å². The molecule has 0 unspecified atom stereocenters. The quantitative estimate of drug-likeness (QED) is 0.421. The molecule has 8 heteroatoms. The Labute approximate surface area is 175 Å². The summed E-state index contributed by atoms with van der Waals surface area (Å²) < 4.78 is 14.6. The van der Waals surface area contributed by atoms with Crippen LogP contribution in [0.25, 0.3) is 10.9 Å². The molecule has 4 rings (SSSR count). The number of phosphoric ester groups is 1. The Morgan fingerprint density at radius 2 is 1.27 bits per heavy atom. The van der Waals surface area contributed by atoms with E-state index < -0.39 is 7.82 Å². The Hall–Kier alpha value is -2.93. The average Bonchev–Trinajstić information content (AvgIpc) is 3.09. The number of benzene rings is 3. The number of nitrogens with one attached hydrogen (secondary N) is 1. The molecule has 1 aromatic heterocycles. The van der Waals surface area contributed by atoms with Gasteiger partial charge in [-0.2, -0.15) is 0 Å². The molecule has 0 atom stereocenters. The fourth-order valence-electron chi connectivity index (χ4n) is 2.42. The first-order chi connectivity index (χ1) is 14.1. The summed E-state index contributed by atoms with van der Waals surface area (Å²) >= 11 is 0. The van der Waals surface area contributed by atoms with Gasteiger partial charge in [0.25, 0.3) is 0 Å². The molecule has 0 aliphatic carbocycles. The van der Waals surface area contributed by atoms with Crippen molar-refractivity contribution in [3.8, 4) is 5.75 Å². The molecule has 1 heterocycles. The molecule has 0 radical (unpaired) electrons. The highest BCUT2D eigenvalue weighted by molar-refractivity contribution is 7.43. The van der Waals surface area contributed by atoms with Gasteiger partial charge in [0.1, 0.15) is 24.9 Å². The second kappa shape index (κ2) is 10.7. The molecule has 3 aromatic carbocycles. The van der Waals surface area contributed by atoms with Crippen LogP contribution in [-0.2, 0) is 4.57 Å². The van der Waals surface area contributed by atoms with E-state index in [1.807, 2.05) is 24.3 Å².